The highest BCUT2D eigenvalue weighted by Crippen LogP contribution is 2.25. The number of nitrogens with two attached hydrogens (primary N) is 1. The van der Waals surface area contributed by atoms with Gasteiger partial charge in [-0.25, -0.2) is 8.42 Å². The lowest BCUT2D eigenvalue weighted by Crippen LogP contribution is -2.32. The van der Waals surface area contributed by atoms with Gasteiger partial charge in [0.2, 0.25) is 10.0 Å². The van der Waals surface area contributed by atoms with Crippen LogP contribution in [0.5, 0.6) is 0 Å². The van der Waals surface area contributed by atoms with E-state index in [1.54, 1.807) is 13.0 Å². The van der Waals surface area contributed by atoms with Crippen molar-refractivity contribution in [3.8, 4) is 0 Å². The lowest BCUT2D eigenvalue weighted by molar-refractivity contribution is 0.452. The first-order chi connectivity index (χ1) is 8.70. The Morgan fingerprint density at radius 1 is 1.37 bits per heavy atom. The topological polar surface area (TPSA) is 63.4 Å². The number of hydrogen-bond acceptors (Lipinski definition) is 3. The Labute approximate surface area is 116 Å². The molecule has 19 heavy (non-hydrogen) atoms. The van der Waals surface area contributed by atoms with Crippen molar-refractivity contribution in [2.24, 2.45) is 0 Å². The molecule has 0 unspecified atom stereocenters. The van der Waals surface area contributed by atoms with Crippen LogP contribution in [0.1, 0.15) is 25.0 Å². The summed E-state index contributed by atoms with van der Waals surface area (Å²) in [4.78, 5) is 0.285. The Morgan fingerprint density at radius 3 is 2.42 bits per heavy atom. The van der Waals surface area contributed by atoms with E-state index in [0.717, 1.165) is 16.7 Å². The van der Waals surface area contributed by atoms with E-state index in [9.17, 15) is 8.42 Å². The normalized spacial score (nSPS) is 11.8. The first-order valence-electron chi connectivity index (χ1n) is 6.21. The fourth-order valence-electron chi connectivity index (χ4n) is 1.93. The summed E-state index contributed by atoms with van der Waals surface area (Å²) in [6.07, 6.45) is 0. The maximum Gasteiger partial charge on any atom is 0.243 e. The quantitative estimate of drug-likeness (QED) is 0.666. The Bertz CT molecular complexity index is 592. The summed E-state index contributed by atoms with van der Waals surface area (Å²) in [5.74, 6) is 0. The molecule has 0 saturated heterocycles. The van der Waals surface area contributed by atoms with Crippen molar-refractivity contribution in [1.82, 2.24) is 4.31 Å². The molecule has 0 aliphatic rings. The Balaban J connectivity index is 3.37. The average molecular weight is 282 g/mol. The number of sulfonamides is 1. The van der Waals surface area contributed by atoms with E-state index >= 15 is 0 Å². The van der Waals surface area contributed by atoms with Gasteiger partial charge in [0.1, 0.15) is 0 Å². The summed E-state index contributed by atoms with van der Waals surface area (Å²) >= 11 is 0. The van der Waals surface area contributed by atoms with Crippen LogP contribution in [0.3, 0.4) is 0 Å². The molecule has 5 heteroatoms. The van der Waals surface area contributed by atoms with Crippen molar-refractivity contribution in [1.29, 1.82) is 0 Å². The van der Waals surface area contributed by atoms with Gasteiger partial charge in [0.15, 0.2) is 0 Å². The van der Waals surface area contributed by atoms with Gasteiger partial charge in [-0.2, -0.15) is 4.31 Å². The molecule has 0 atom stereocenters. The molecule has 0 aliphatic carbocycles. The SMILES string of the molecule is C=C(C)CN(CC)S(=O)(=O)c1cc(N)cc(C)c1C. The smallest absolute Gasteiger partial charge is 0.243 e. The number of benzene rings is 1. The number of likely N-dealkylation sites (N-methyl/N-ethyl adjacent to an activating group) is 1. The molecule has 106 valence electrons. The summed E-state index contributed by atoms with van der Waals surface area (Å²) in [5, 5.41) is 0. The summed E-state index contributed by atoms with van der Waals surface area (Å²) < 4.78 is 26.7. The third-order valence-electron chi connectivity index (χ3n) is 3.06. The van der Waals surface area contributed by atoms with Gasteiger partial charge >= 0.3 is 0 Å². The number of rotatable bonds is 5. The van der Waals surface area contributed by atoms with E-state index in [-0.39, 0.29) is 4.90 Å². The highest BCUT2D eigenvalue weighted by Gasteiger charge is 2.25. The van der Waals surface area contributed by atoms with Crippen molar-refractivity contribution < 1.29 is 8.42 Å². The van der Waals surface area contributed by atoms with E-state index in [4.69, 9.17) is 5.73 Å². The van der Waals surface area contributed by atoms with Crippen LogP contribution in [0.25, 0.3) is 0 Å². The minimum atomic E-state index is -3.53. The average Bonchev–Trinajstić information content (AvgIpc) is 2.30. The van der Waals surface area contributed by atoms with Gasteiger partial charge in [-0.15, -0.1) is 0 Å². The highest BCUT2D eigenvalue weighted by molar-refractivity contribution is 7.89. The number of nitrogens with zero attached hydrogens (tertiary/aromatic N) is 1. The molecule has 0 aliphatic heterocycles. The van der Waals surface area contributed by atoms with Crippen molar-refractivity contribution >= 4 is 15.7 Å². The fraction of sp³-hybridized carbons (Fsp3) is 0.429. The van der Waals surface area contributed by atoms with Gasteiger partial charge in [-0.1, -0.05) is 19.1 Å². The van der Waals surface area contributed by atoms with Crippen LogP contribution in [-0.4, -0.2) is 25.8 Å². The summed E-state index contributed by atoms with van der Waals surface area (Å²) in [6, 6.07) is 3.31. The molecule has 0 aromatic heterocycles. The molecule has 0 heterocycles. The highest BCUT2D eigenvalue weighted by atomic mass is 32.2. The van der Waals surface area contributed by atoms with E-state index < -0.39 is 10.0 Å². The molecule has 4 nitrogen and oxygen atoms in total. The number of anilines is 1. The molecule has 0 radical (unpaired) electrons. The van der Waals surface area contributed by atoms with Crippen LogP contribution in [0, 0.1) is 13.8 Å². The molecule has 0 fully saturated rings. The molecule has 0 saturated carbocycles. The van der Waals surface area contributed by atoms with Crippen LogP contribution in [0.15, 0.2) is 29.2 Å². The largest absolute Gasteiger partial charge is 0.399 e. The Hall–Kier alpha value is -1.33. The van der Waals surface area contributed by atoms with Gasteiger partial charge in [-0.3, -0.25) is 0 Å². The number of aryl methyl sites for hydroxylation is 1. The van der Waals surface area contributed by atoms with Crippen LogP contribution in [-0.2, 0) is 10.0 Å². The molecule has 1 aromatic carbocycles. The van der Waals surface area contributed by atoms with Crippen LogP contribution < -0.4 is 5.73 Å². The van der Waals surface area contributed by atoms with Crippen LogP contribution in [0.2, 0.25) is 0 Å². The van der Waals surface area contributed by atoms with Crippen LogP contribution in [0.4, 0.5) is 5.69 Å². The first-order valence-corrected chi connectivity index (χ1v) is 7.65. The molecule has 0 bridgehead atoms. The monoisotopic (exact) mass is 282 g/mol. The molecule has 2 N–H and O–H groups in total. The second kappa shape index (κ2) is 5.75. The van der Waals surface area contributed by atoms with Gasteiger partial charge in [0.05, 0.1) is 4.90 Å². The second-order valence-corrected chi connectivity index (χ2v) is 6.76. The van der Waals surface area contributed by atoms with Crippen molar-refractivity contribution in [3.05, 3.63) is 35.4 Å². The third-order valence-corrected chi connectivity index (χ3v) is 5.11. The van der Waals surface area contributed by atoms with Crippen LogP contribution >= 0.6 is 0 Å². The standard InChI is InChI=1S/C14H22N2O2S/c1-6-16(9-10(2)3)19(17,18)14-8-13(15)7-11(4)12(14)5/h7-8H,2,6,9,15H2,1,3-5H3. The third kappa shape index (κ3) is 3.36. The minimum absolute atomic E-state index is 0.285. The van der Waals surface area contributed by atoms with Crippen molar-refractivity contribution in [3.63, 3.8) is 0 Å². The zero-order chi connectivity index (χ0) is 14.8. The Morgan fingerprint density at radius 2 is 1.95 bits per heavy atom. The first kappa shape index (κ1) is 15.7. The molecule has 0 amide bonds. The predicted molar refractivity (Wildman–Crippen MR) is 79.6 cm³/mol. The number of hydrogen-bond donors (Lipinski definition) is 1. The predicted octanol–water partition coefficient (Wildman–Crippen LogP) is 2.47. The number of nitrogen functional groups attached to an aromatic ring is 1. The molecule has 0 spiro atoms. The van der Waals surface area contributed by atoms with Crippen molar-refractivity contribution in [2.75, 3.05) is 18.8 Å². The zero-order valence-corrected chi connectivity index (χ0v) is 12.8. The van der Waals surface area contributed by atoms with Gasteiger partial charge < -0.3 is 5.73 Å². The van der Waals surface area contributed by atoms with E-state index in [2.05, 4.69) is 6.58 Å². The Kier molecular flexibility index (Phi) is 4.76. The lowest BCUT2D eigenvalue weighted by Gasteiger charge is -2.22. The zero-order valence-electron chi connectivity index (χ0n) is 12.0. The van der Waals surface area contributed by atoms with Crippen molar-refractivity contribution in [2.45, 2.75) is 32.6 Å². The van der Waals surface area contributed by atoms with E-state index in [1.807, 2.05) is 20.8 Å². The van der Waals surface area contributed by atoms with E-state index in [0.29, 0.717) is 18.8 Å². The lowest BCUT2D eigenvalue weighted by atomic mass is 10.1. The van der Waals surface area contributed by atoms with Gasteiger partial charge in [0, 0.05) is 18.8 Å². The summed E-state index contributed by atoms with van der Waals surface area (Å²) in [7, 11) is -3.53. The van der Waals surface area contributed by atoms with E-state index in [1.165, 1.54) is 10.4 Å². The second-order valence-electron chi connectivity index (χ2n) is 4.85. The van der Waals surface area contributed by atoms with Gasteiger partial charge in [0.25, 0.3) is 0 Å². The maximum atomic E-state index is 12.7. The molecular formula is C14H22N2O2S. The molecule has 1 aromatic rings. The molecular weight excluding hydrogens is 260 g/mol. The fourth-order valence-corrected chi connectivity index (χ4v) is 3.77. The molecule has 1 rings (SSSR count). The summed E-state index contributed by atoms with van der Waals surface area (Å²) in [6.45, 7) is 11.8. The maximum absolute atomic E-state index is 12.7. The minimum Gasteiger partial charge on any atom is -0.399 e. The summed E-state index contributed by atoms with van der Waals surface area (Å²) in [5.41, 5.74) is 8.67. The van der Waals surface area contributed by atoms with Gasteiger partial charge in [-0.05, 0) is 44.0 Å².